The first kappa shape index (κ1) is 9.82. The van der Waals surface area contributed by atoms with Crippen molar-refractivity contribution in [3.63, 3.8) is 0 Å². The molecule has 0 fully saturated rings. The van der Waals surface area contributed by atoms with Crippen LogP contribution in [0.15, 0.2) is 0 Å². The van der Waals surface area contributed by atoms with Crippen LogP contribution >= 0.6 is 11.8 Å². The lowest BCUT2D eigenvalue weighted by Gasteiger charge is -2.19. The lowest BCUT2D eigenvalue weighted by molar-refractivity contribution is -0.118. The van der Waals surface area contributed by atoms with Gasteiger partial charge in [-0.05, 0) is 25.4 Å². The molecule has 0 aromatic rings. The monoisotopic (exact) mass is 161 g/mol. The summed E-state index contributed by atoms with van der Waals surface area (Å²) >= 11 is 1.82. The highest BCUT2D eigenvalue weighted by atomic mass is 32.2. The van der Waals surface area contributed by atoms with Crippen molar-refractivity contribution < 1.29 is 4.79 Å². The lowest BCUT2D eigenvalue weighted by atomic mass is 10.2. The average molecular weight is 161 g/mol. The van der Waals surface area contributed by atoms with Crippen molar-refractivity contribution in [2.75, 3.05) is 19.1 Å². The van der Waals surface area contributed by atoms with Gasteiger partial charge in [-0.2, -0.15) is 11.8 Å². The van der Waals surface area contributed by atoms with E-state index in [1.807, 2.05) is 18.8 Å². The number of carbonyl (C=O) groups excluding carboxylic acids is 1. The first-order valence-electron chi connectivity index (χ1n) is 3.38. The summed E-state index contributed by atoms with van der Waals surface area (Å²) in [7, 11) is 1.82. The van der Waals surface area contributed by atoms with Crippen molar-refractivity contribution >= 4 is 18.2 Å². The molecule has 2 nitrogen and oxygen atoms in total. The predicted octanol–water partition coefficient (Wildman–Crippen LogP) is 1.22. The number of amides is 1. The predicted molar refractivity (Wildman–Crippen MR) is 46.3 cm³/mol. The van der Waals surface area contributed by atoms with Crippen molar-refractivity contribution in [2.45, 2.75) is 19.4 Å². The average Bonchev–Trinajstić information content (AvgIpc) is 1.98. The van der Waals surface area contributed by atoms with Gasteiger partial charge in [-0.3, -0.25) is 4.79 Å². The summed E-state index contributed by atoms with van der Waals surface area (Å²) < 4.78 is 0. The van der Waals surface area contributed by atoms with Gasteiger partial charge in [-0.1, -0.05) is 0 Å². The summed E-state index contributed by atoms with van der Waals surface area (Å²) in [5.41, 5.74) is 0. The molecule has 60 valence electrons. The van der Waals surface area contributed by atoms with Gasteiger partial charge >= 0.3 is 0 Å². The van der Waals surface area contributed by atoms with E-state index in [0.29, 0.717) is 6.04 Å². The molecule has 0 aliphatic rings. The molecular formula is C7H15NOS. The summed E-state index contributed by atoms with van der Waals surface area (Å²) in [6, 6.07) is 0.380. The molecule has 0 aliphatic heterocycles. The first-order valence-corrected chi connectivity index (χ1v) is 4.78. The van der Waals surface area contributed by atoms with Crippen LogP contribution < -0.4 is 0 Å². The highest BCUT2D eigenvalue weighted by Crippen LogP contribution is 2.03. The van der Waals surface area contributed by atoms with Gasteiger partial charge in [0, 0.05) is 13.1 Å². The Morgan fingerprint density at radius 2 is 2.30 bits per heavy atom. The fourth-order valence-corrected chi connectivity index (χ4v) is 1.17. The molecular weight excluding hydrogens is 146 g/mol. The largest absolute Gasteiger partial charge is 0.346 e. The fourth-order valence-electron chi connectivity index (χ4n) is 0.596. The summed E-state index contributed by atoms with van der Waals surface area (Å²) in [5.74, 6) is 1.12. The van der Waals surface area contributed by atoms with Crippen LogP contribution in [0.2, 0.25) is 0 Å². The zero-order valence-corrected chi connectivity index (χ0v) is 7.65. The van der Waals surface area contributed by atoms with Crippen LogP contribution in [0.5, 0.6) is 0 Å². The van der Waals surface area contributed by atoms with Crippen LogP contribution in [-0.2, 0) is 4.79 Å². The molecule has 0 spiro atoms. The number of hydrogen-bond donors (Lipinski definition) is 0. The number of rotatable bonds is 5. The van der Waals surface area contributed by atoms with Gasteiger partial charge in [0.05, 0.1) is 0 Å². The van der Waals surface area contributed by atoms with Crippen LogP contribution in [-0.4, -0.2) is 36.4 Å². The molecule has 0 saturated heterocycles. The highest BCUT2D eigenvalue weighted by molar-refractivity contribution is 7.98. The second-order valence-electron chi connectivity index (χ2n) is 2.40. The standard InChI is InChI=1S/C7H15NOS/c1-7(4-5-10-3)8(2)6-9/h6-7H,4-5H2,1-3H3. The molecule has 0 aromatic carbocycles. The molecule has 0 rings (SSSR count). The zero-order valence-electron chi connectivity index (χ0n) is 6.83. The quantitative estimate of drug-likeness (QED) is 0.565. The number of thioether (sulfide) groups is 1. The molecule has 3 heteroatoms. The molecule has 0 N–H and O–H groups in total. The van der Waals surface area contributed by atoms with Gasteiger partial charge in [0.1, 0.15) is 0 Å². The van der Waals surface area contributed by atoms with E-state index in [1.165, 1.54) is 0 Å². The Morgan fingerprint density at radius 3 is 2.70 bits per heavy atom. The zero-order chi connectivity index (χ0) is 7.98. The van der Waals surface area contributed by atoms with Crippen LogP contribution in [0.1, 0.15) is 13.3 Å². The molecule has 10 heavy (non-hydrogen) atoms. The Hall–Kier alpha value is -0.180. The molecule has 1 atom stereocenters. The molecule has 0 bridgehead atoms. The van der Waals surface area contributed by atoms with E-state index in [2.05, 4.69) is 13.2 Å². The number of nitrogens with zero attached hydrogens (tertiary/aromatic N) is 1. The third-order valence-electron chi connectivity index (χ3n) is 1.60. The maximum Gasteiger partial charge on any atom is 0.209 e. The number of hydrogen-bond acceptors (Lipinski definition) is 2. The van der Waals surface area contributed by atoms with Gasteiger partial charge in [-0.15, -0.1) is 0 Å². The van der Waals surface area contributed by atoms with Crippen molar-refractivity contribution in [1.29, 1.82) is 0 Å². The first-order chi connectivity index (χ1) is 4.72. The number of carbonyl (C=O) groups is 1. The van der Waals surface area contributed by atoms with Crippen LogP contribution in [0, 0.1) is 0 Å². The Labute approximate surface area is 67.0 Å². The van der Waals surface area contributed by atoms with Crippen LogP contribution in [0.3, 0.4) is 0 Å². The molecule has 0 aromatic heterocycles. The Balaban J connectivity index is 3.40. The van der Waals surface area contributed by atoms with Crippen molar-refractivity contribution in [1.82, 2.24) is 4.90 Å². The van der Waals surface area contributed by atoms with Crippen molar-refractivity contribution in [2.24, 2.45) is 0 Å². The topological polar surface area (TPSA) is 20.3 Å². The molecule has 0 aliphatic carbocycles. The van der Waals surface area contributed by atoms with E-state index < -0.39 is 0 Å². The normalized spacial score (nSPS) is 12.7. The second kappa shape index (κ2) is 5.59. The van der Waals surface area contributed by atoms with E-state index in [9.17, 15) is 4.79 Å². The van der Waals surface area contributed by atoms with E-state index in [1.54, 1.807) is 4.90 Å². The van der Waals surface area contributed by atoms with Crippen molar-refractivity contribution in [3.05, 3.63) is 0 Å². The van der Waals surface area contributed by atoms with Gasteiger partial charge < -0.3 is 4.90 Å². The Kier molecular flexibility index (Phi) is 5.49. The van der Waals surface area contributed by atoms with E-state index in [4.69, 9.17) is 0 Å². The Bertz CT molecular complexity index is 97.6. The maximum atomic E-state index is 10.2. The molecule has 0 radical (unpaired) electrons. The molecule has 0 heterocycles. The van der Waals surface area contributed by atoms with E-state index >= 15 is 0 Å². The maximum absolute atomic E-state index is 10.2. The van der Waals surface area contributed by atoms with Gasteiger partial charge in [0.25, 0.3) is 0 Å². The van der Waals surface area contributed by atoms with E-state index in [-0.39, 0.29) is 0 Å². The lowest BCUT2D eigenvalue weighted by Crippen LogP contribution is -2.27. The van der Waals surface area contributed by atoms with Crippen LogP contribution in [0.25, 0.3) is 0 Å². The summed E-state index contributed by atoms with van der Waals surface area (Å²) in [4.78, 5) is 11.9. The minimum absolute atomic E-state index is 0.380. The minimum Gasteiger partial charge on any atom is -0.346 e. The third-order valence-corrected chi connectivity index (χ3v) is 2.25. The third kappa shape index (κ3) is 3.77. The van der Waals surface area contributed by atoms with Gasteiger partial charge in [0.15, 0.2) is 0 Å². The highest BCUT2D eigenvalue weighted by Gasteiger charge is 2.04. The molecule has 1 amide bonds. The van der Waals surface area contributed by atoms with Gasteiger partial charge in [-0.25, -0.2) is 0 Å². The molecule has 1 unspecified atom stereocenters. The Morgan fingerprint density at radius 1 is 1.70 bits per heavy atom. The summed E-state index contributed by atoms with van der Waals surface area (Å²) in [5, 5.41) is 0. The minimum atomic E-state index is 0.380. The smallest absolute Gasteiger partial charge is 0.209 e. The van der Waals surface area contributed by atoms with Crippen LogP contribution in [0.4, 0.5) is 0 Å². The molecule has 0 saturated carbocycles. The van der Waals surface area contributed by atoms with E-state index in [0.717, 1.165) is 18.6 Å². The van der Waals surface area contributed by atoms with Crippen molar-refractivity contribution in [3.8, 4) is 0 Å². The fraction of sp³-hybridized carbons (Fsp3) is 0.857. The summed E-state index contributed by atoms with van der Waals surface area (Å²) in [6.07, 6.45) is 4.04. The van der Waals surface area contributed by atoms with Gasteiger partial charge in [0.2, 0.25) is 6.41 Å². The summed E-state index contributed by atoms with van der Waals surface area (Å²) in [6.45, 7) is 2.06. The SMILES string of the molecule is CSCCC(C)N(C)C=O. The second-order valence-corrected chi connectivity index (χ2v) is 3.39.